The molecule has 2 atom stereocenters. The third-order valence-corrected chi connectivity index (χ3v) is 4.90. The van der Waals surface area contributed by atoms with Crippen LogP contribution in [-0.2, 0) is 17.6 Å². The maximum Gasteiger partial charge on any atom is 0.227 e. The molecule has 0 saturated carbocycles. The zero-order valence-electron chi connectivity index (χ0n) is 14.3. The molecule has 2 fully saturated rings. The van der Waals surface area contributed by atoms with Gasteiger partial charge in [-0.15, -0.1) is 12.4 Å². The molecule has 2 unspecified atom stereocenters. The lowest BCUT2D eigenvalue weighted by molar-refractivity contribution is -0.130. The third-order valence-electron chi connectivity index (χ3n) is 4.90. The molecular formula is C19H29ClN2O. The van der Waals surface area contributed by atoms with E-state index in [1.165, 1.54) is 18.4 Å². The first kappa shape index (κ1) is 18.3. The predicted molar refractivity (Wildman–Crippen MR) is 97.1 cm³/mol. The van der Waals surface area contributed by atoms with Crippen molar-refractivity contribution in [3.05, 3.63) is 35.4 Å². The fourth-order valence-corrected chi connectivity index (χ4v) is 3.72. The maximum absolute atomic E-state index is 12.6. The van der Waals surface area contributed by atoms with Crippen LogP contribution in [0.5, 0.6) is 0 Å². The summed E-state index contributed by atoms with van der Waals surface area (Å²) in [6.45, 7) is 6.27. The summed E-state index contributed by atoms with van der Waals surface area (Å²) in [7, 11) is 0. The zero-order chi connectivity index (χ0) is 15.5. The molecule has 3 rings (SSSR count). The van der Waals surface area contributed by atoms with E-state index < -0.39 is 0 Å². The van der Waals surface area contributed by atoms with Gasteiger partial charge in [0.1, 0.15) is 0 Å². The molecule has 0 spiro atoms. The van der Waals surface area contributed by atoms with Gasteiger partial charge >= 0.3 is 0 Å². The Bertz CT molecular complexity index is 515. The van der Waals surface area contributed by atoms with Crippen molar-refractivity contribution in [1.82, 2.24) is 10.2 Å². The maximum atomic E-state index is 12.6. The second kappa shape index (κ2) is 8.16. The van der Waals surface area contributed by atoms with Crippen LogP contribution in [0.15, 0.2) is 24.3 Å². The average molecular weight is 337 g/mol. The monoisotopic (exact) mass is 336 g/mol. The first-order valence-corrected chi connectivity index (χ1v) is 8.72. The van der Waals surface area contributed by atoms with Crippen LogP contribution >= 0.6 is 12.4 Å². The Balaban J connectivity index is 0.00000192. The van der Waals surface area contributed by atoms with Gasteiger partial charge in [0.25, 0.3) is 0 Å². The summed E-state index contributed by atoms with van der Waals surface area (Å²) in [6, 6.07) is 9.75. The number of rotatable bonds is 4. The van der Waals surface area contributed by atoms with E-state index in [0.717, 1.165) is 31.5 Å². The predicted octanol–water partition coefficient (Wildman–Crippen LogP) is 3.20. The van der Waals surface area contributed by atoms with E-state index in [0.29, 0.717) is 24.4 Å². The third kappa shape index (κ3) is 4.95. The molecule has 1 aromatic rings. The van der Waals surface area contributed by atoms with Crippen molar-refractivity contribution in [3.63, 3.8) is 0 Å². The molecule has 4 heteroatoms. The lowest BCUT2D eigenvalue weighted by atomic mass is 10.0. The summed E-state index contributed by atoms with van der Waals surface area (Å²) in [6.07, 6.45) is 5.26. The number of likely N-dealkylation sites (tertiary alicyclic amines) is 1. The van der Waals surface area contributed by atoms with Crippen molar-refractivity contribution in [2.45, 2.75) is 58.0 Å². The van der Waals surface area contributed by atoms with Gasteiger partial charge in [-0.25, -0.2) is 0 Å². The molecule has 1 amide bonds. The highest BCUT2D eigenvalue weighted by molar-refractivity contribution is 5.85. The highest BCUT2D eigenvalue weighted by atomic mass is 35.5. The standard InChI is InChI=1S/C19H28N2O.ClH/c1-14(2)11-15-3-5-16(6-4-15)12-19(22)21-10-9-17-7-8-18(13-21)20-17;/h3-6,14,17-18,20H,7-13H2,1-2H3;1H. The summed E-state index contributed by atoms with van der Waals surface area (Å²) in [5.41, 5.74) is 2.50. The van der Waals surface area contributed by atoms with Crippen LogP contribution in [-0.4, -0.2) is 36.0 Å². The van der Waals surface area contributed by atoms with E-state index >= 15 is 0 Å². The molecule has 1 N–H and O–H groups in total. The van der Waals surface area contributed by atoms with Crippen LogP contribution < -0.4 is 5.32 Å². The summed E-state index contributed by atoms with van der Waals surface area (Å²) in [4.78, 5) is 14.6. The number of hydrogen-bond donors (Lipinski definition) is 1. The molecule has 3 nitrogen and oxygen atoms in total. The van der Waals surface area contributed by atoms with Crippen LogP contribution in [0, 0.1) is 5.92 Å². The highest BCUT2D eigenvalue weighted by Crippen LogP contribution is 2.21. The van der Waals surface area contributed by atoms with Gasteiger partial charge in [0, 0.05) is 25.2 Å². The number of hydrogen-bond acceptors (Lipinski definition) is 2. The Hall–Kier alpha value is -1.06. The van der Waals surface area contributed by atoms with Gasteiger partial charge in [0.05, 0.1) is 6.42 Å². The fourth-order valence-electron chi connectivity index (χ4n) is 3.72. The fraction of sp³-hybridized carbons (Fsp3) is 0.632. The van der Waals surface area contributed by atoms with Crippen LogP contribution in [0.25, 0.3) is 0 Å². The molecule has 2 bridgehead atoms. The molecule has 0 aliphatic carbocycles. The molecular weight excluding hydrogens is 308 g/mol. The number of fused-ring (bicyclic) bond motifs is 2. The lowest BCUT2D eigenvalue weighted by Gasteiger charge is -2.24. The van der Waals surface area contributed by atoms with Gasteiger partial charge in [0.2, 0.25) is 5.91 Å². The van der Waals surface area contributed by atoms with Gasteiger partial charge in [-0.05, 0) is 42.7 Å². The normalized spacial score (nSPS) is 23.5. The Morgan fingerprint density at radius 1 is 1.13 bits per heavy atom. The summed E-state index contributed by atoms with van der Waals surface area (Å²) >= 11 is 0. The number of carbonyl (C=O) groups is 1. The van der Waals surface area contributed by atoms with E-state index in [2.05, 4.69) is 48.3 Å². The van der Waals surface area contributed by atoms with Crippen LogP contribution in [0.3, 0.4) is 0 Å². The molecule has 0 radical (unpaired) electrons. The van der Waals surface area contributed by atoms with Gasteiger partial charge < -0.3 is 10.2 Å². The number of carbonyl (C=O) groups excluding carboxylic acids is 1. The largest absolute Gasteiger partial charge is 0.341 e. The van der Waals surface area contributed by atoms with E-state index in [4.69, 9.17) is 0 Å². The number of amides is 1. The van der Waals surface area contributed by atoms with Gasteiger partial charge in [-0.1, -0.05) is 38.1 Å². The Morgan fingerprint density at radius 2 is 1.78 bits per heavy atom. The zero-order valence-corrected chi connectivity index (χ0v) is 15.1. The Morgan fingerprint density at radius 3 is 2.48 bits per heavy atom. The molecule has 2 saturated heterocycles. The van der Waals surface area contributed by atoms with E-state index in [1.807, 2.05) is 0 Å². The molecule has 0 aromatic heterocycles. The van der Waals surface area contributed by atoms with Crippen molar-refractivity contribution in [1.29, 1.82) is 0 Å². The minimum absolute atomic E-state index is 0. The highest BCUT2D eigenvalue weighted by Gasteiger charge is 2.30. The van der Waals surface area contributed by atoms with Crippen molar-refractivity contribution in [2.24, 2.45) is 5.92 Å². The van der Waals surface area contributed by atoms with Gasteiger partial charge in [-0.2, -0.15) is 0 Å². The topological polar surface area (TPSA) is 32.3 Å². The van der Waals surface area contributed by atoms with Crippen LogP contribution in [0.1, 0.15) is 44.2 Å². The molecule has 2 aliphatic rings. The molecule has 1 aromatic carbocycles. The smallest absolute Gasteiger partial charge is 0.227 e. The summed E-state index contributed by atoms with van der Waals surface area (Å²) in [5.74, 6) is 0.957. The second-order valence-electron chi connectivity index (χ2n) is 7.36. The lowest BCUT2D eigenvalue weighted by Crippen LogP contribution is -2.39. The van der Waals surface area contributed by atoms with Crippen molar-refractivity contribution in [2.75, 3.05) is 13.1 Å². The molecule has 23 heavy (non-hydrogen) atoms. The van der Waals surface area contributed by atoms with Crippen LogP contribution in [0.2, 0.25) is 0 Å². The van der Waals surface area contributed by atoms with Gasteiger partial charge in [0.15, 0.2) is 0 Å². The van der Waals surface area contributed by atoms with E-state index in [1.54, 1.807) is 0 Å². The number of nitrogens with one attached hydrogen (secondary N) is 1. The van der Waals surface area contributed by atoms with E-state index in [-0.39, 0.29) is 18.3 Å². The molecule has 2 heterocycles. The van der Waals surface area contributed by atoms with Crippen LogP contribution in [0.4, 0.5) is 0 Å². The minimum atomic E-state index is 0. The Labute approximate surface area is 146 Å². The Kier molecular flexibility index (Phi) is 6.49. The van der Waals surface area contributed by atoms with Crippen molar-refractivity contribution >= 4 is 18.3 Å². The SMILES string of the molecule is CC(C)Cc1ccc(CC(=O)N2CCC3CCC(C2)N3)cc1.Cl. The van der Waals surface area contributed by atoms with Crippen molar-refractivity contribution in [3.8, 4) is 0 Å². The number of halogens is 1. The van der Waals surface area contributed by atoms with Gasteiger partial charge in [-0.3, -0.25) is 4.79 Å². The average Bonchev–Trinajstić information content (AvgIpc) is 2.79. The summed E-state index contributed by atoms with van der Waals surface area (Å²) < 4.78 is 0. The quantitative estimate of drug-likeness (QED) is 0.915. The molecule has 2 aliphatic heterocycles. The second-order valence-corrected chi connectivity index (χ2v) is 7.36. The number of nitrogens with zero attached hydrogens (tertiary/aromatic N) is 1. The minimum Gasteiger partial charge on any atom is -0.341 e. The van der Waals surface area contributed by atoms with E-state index in [9.17, 15) is 4.79 Å². The first-order chi connectivity index (χ1) is 10.6. The summed E-state index contributed by atoms with van der Waals surface area (Å²) in [5, 5.41) is 3.63. The number of benzene rings is 1. The van der Waals surface area contributed by atoms with Crippen molar-refractivity contribution < 1.29 is 4.79 Å². The molecule has 128 valence electrons. The first-order valence-electron chi connectivity index (χ1n) is 8.72.